The summed E-state index contributed by atoms with van der Waals surface area (Å²) >= 11 is 0. The van der Waals surface area contributed by atoms with E-state index in [4.69, 9.17) is 5.26 Å². The van der Waals surface area contributed by atoms with Gasteiger partial charge in [-0.1, -0.05) is 42.5 Å². The molecule has 0 aliphatic carbocycles. The Hall–Kier alpha value is -2.53. The number of phenols is 1. The smallest absolute Gasteiger partial charge is 0.115 e. The van der Waals surface area contributed by atoms with E-state index in [0.717, 1.165) is 19.3 Å². The molecule has 0 aromatic heterocycles. The number of aromatic hydroxyl groups is 1. The molecule has 0 spiro atoms. The molecule has 2 aromatic carbocycles. The van der Waals surface area contributed by atoms with Crippen molar-refractivity contribution in [1.29, 1.82) is 5.26 Å². The maximum Gasteiger partial charge on any atom is 0.115 e. The molecule has 0 heterocycles. The summed E-state index contributed by atoms with van der Waals surface area (Å²) in [5.74, 6) is 0.303. The Kier molecular flexibility index (Phi) is 5.80. The molecule has 0 bridgehead atoms. The van der Waals surface area contributed by atoms with Crippen LogP contribution < -0.4 is 0 Å². The second-order valence-corrected chi connectivity index (χ2v) is 5.48. The van der Waals surface area contributed by atoms with Crippen LogP contribution in [0.15, 0.2) is 48.5 Å². The number of unbranched alkanes of at least 4 members (excludes halogenated alkanes) is 2. The second-order valence-electron chi connectivity index (χ2n) is 5.48. The van der Waals surface area contributed by atoms with E-state index >= 15 is 0 Å². The monoisotopic (exact) mass is 291 g/mol. The zero-order chi connectivity index (χ0) is 15.8. The Morgan fingerprint density at radius 2 is 1.91 bits per heavy atom. The summed E-state index contributed by atoms with van der Waals surface area (Å²) in [4.78, 5) is 0. The molecule has 0 radical (unpaired) electrons. The SMILES string of the molecule is Cc1cc(/C=C/CCCC#N)ccc1Cc1ccc(O)cc1. The first-order chi connectivity index (χ1) is 10.7. The van der Waals surface area contributed by atoms with Gasteiger partial charge in [-0.25, -0.2) is 0 Å². The van der Waals surface area contributed by atoms with E-state index in [1.165, 1.54) is 22.3 Å². The lowest BCUT2D eigenvalue weighted by atomic mass is 9.98. The number of aryl methyl sites for hydroxylation is 1. The quantitative estimate of drug-likeness (QED) is 0.761. The van der Waals surface area contributed by atoms with Gasteiger partial charge in [-0.2, -0.15) is 5.26 Å². The van der Waals surface area contributed by atoms with Crippen LogP contribution in [0.2, 0.25) is 0 Å². The van der Waals surface area contributed by atoms with Gasteiger partial charge in [-0.05, 0) is 60.6 Å². The largest absolute Gasteiger partial charge is 0.508 e. The number of benzene rings is 2. The van der Waals surface area contributed by atoms with Gasteiger partial charge in [-0.3, -0.25) is 0 Å². The summed E-state index contributed by atoms with van der Waals surface area (Å²) in [5.41, 5.74) is 4.96. The van der Waals surface area contributed by atoms with Crippen molar-refractivity contribution in [2.75, 3.05) is 0 Å². The summed E-state index contributed by atoms with van der Waals surface area (Å²) in [6.07, 6.45) is 7.61. The summed E-state index contributed by atoms with van der Waals surface area (Å²) < 4.78 is 0. The lowest BCUT2D eigenvalue weighted by molar-refractivity contribution is 0.475. The molecular formula is C20H21NO. The number of phenolic OH excluding ortho intramolecular Hbond substituents is 1. The van der Waals surface area contributed by atoms with E-state index in [1.54, 1.807) is 12.1 Å². The molecule has 2 rings (SSSR count). The Labute approximate surface area is 132 Å². The van der Waals surface area contributed by atoms with Gasteiger partial charge in [-0.15, -0.1) is 0 Å². The molecule has 2 nitrogen and oxygen atoms in total. The molecule has 0 fully saturated rings. The molecule has 0 unspecified atom stereocenters. The van der Waals surface area contributed by atoms with E-state index in [-0.39, 0.29) is 0 Å². The molecule has 1 N–H and O–H groups in total. The van der Waals surface area contributed by atoms with Crippen LogP contribution in [0.4, 0.5) is 0 Å². The third kappa shape index (κ3) is 4.79. The zero-order valence-electron chi connectivity index (χ0n) is 12.9. The summed E-state index contributed by atoms with van der Waals surface area (Å²) in [6, 6.07) is 16.0. The van der Waals surface area contributed by atoms with Crippen molar-refractivity contribution >= 4 is 6.08 Å². The molecule has 0 saturated heterocycles. The van der Waals surface area contributed by atoms with Crippen molar-refractivity contribution in [2.45, 2.75) is 32.6 Å². The lowest BCUT2D eigenvalue weighted by Crippen LogP contribution is -1.92. The Bertz CT molecular complexity index is 678. The van der Waals surface area contributed by atoms with Crippen LogP contribution in [-0.2, 0) is 6.42 Å². The Morgan fingerprint density at radius 1 is 1.14 bits per heavy atom. The maximum absolute atomic E-state index is 9.32. The van der Waals surface area contributed by atoms with Gasteiger partial charge in [0.05, 0.1) is 6.07 Å². The van der Waals surface area contributed by atoms with E-state index in [1.807, 2.05) is 12.1 Å². The number of rotatable bonds is 6. The van der Waals surface area contributed by atoms with E-state index in [2.05, 4.69) is 43.3 Å². The standard InChI is InChI=1S/C20H21NO/c1-16-14-17(6-4-2-3-5-13-21)7-10-19(16)15-18-8-11-20(22)12-9-18/h4,6-12,14,22H,2-3,5,15H2,1H3/b6-4+. The predicted molar refractivity (Wildman–Crippen MR) is 90.6 cm³/mol. The van der Waals surface area contributed by atoms with E-state index < -0.39 is 0 Å². The fraction of sp³-hybridized carbons (Fsp3) is 0.250. The van der Waals surface area contributed by atoms with E-state index in [9.17, 15) is 5.11 Å². The van der Waals surface area contributed by atoms with Crippen LogP contribution in [-0.4, -0.2) is 5.11 Å². The lowest BCUT2D eigenvalue weighted by Gasteiger charge is -2.07. The summed E-state index contributed by atoms with van der Waals surface area (Å²) in [7, 11) is 0. The van der Waals surface area contributed by atoms with E-state index in [0.29, 0.717) is 12.2 Å². The normalized spacial score (nSPS) is 10.7. The first-order valence-corrected chi connectivity index (χ1v) is 7.60. The minimum absolute atomic E-state index is 0.303. The average molecular weight is 291 g/mol. The van der Waals surface area contributed by atoms with Gasteiger partial charge in [0.25, 0.3) is 0 Å². The molecule has 0 amide bonds. The zero-order valence-corrected chi connectivity index (χ0v) is 12.9. The number of nitriles is 1. The highest BCUT2D eigenvalue weighted by Gasteiger charge is 2.01. The van der Waals surface area contributed by atoms with Crippen molar-refractivity contribution in [3.8, 4) is 11.8 Å². The number of allylic oxidation sites excluding steroid dienone is 1. The highest BCUT2D eigenvalue weighted by molar-refractivity contribution is 5.52. The van der Waals surface area contributed by atoms with Crippen molar-refractivity contribution in [3.05, 3.63) is 70.8 Å². The van der Waals surface area contributed by atoms with Crippen molar-refractivity contribution in [1.82, 2.24) is 0 Å². The summed E-state index contributed by atoms with van der Waals surface area (Å²) in [5, 5.41) is 17.8. The average Bonchev–Trinajstić information content (AvgIpc) is 2.52. The van der Waals surface area contributed by atoms with Crippen molar-refractivity contribution in [2.24, 2.45) is 0 Å². The van der Waals surface area contributed by atoms with Crippen LogP contribution in [0.5, 0.6) is 5.75 Å². The fourth-order valence-corrected chi connectivity index (χ4v) is 2.37. The molecule has 22 heavy (non-hydrogen) atoms. The summed E-state index contributed by atoms with van der Waals surface area (Å²) in [6.45, 7) is 2.13. The molecule has 0 aliphatic rings. The molecule has 0 aliphatic heterocycles. The van der Waals surface area contributed by atoms with Crippen LogP contribution in [0.3, 0.4) is 0 Å². The predicted octanol–water partition coefficient (Wildman–Crippen LogP) is 5.00. The van der Waals surface area contributed by atoms with Crippen LogP contribution in [0, 0.1) is 18.3 Å². The molecule has 0 atom stereocenters. The van der Waals surface area contributed by atoms with Crippen LogP contribution >= 0.6 is 0 Å². The van der Waals surface area contributed by atoms with Gasteiger partial charge >= 0.3 is 0 Å². The third-order valence-corrected chi connectivity index (χ3v) is 3.67. The third-order valence-electron chi connectivity index (χ3n) is 3.67. The van der Waals surface area contributed by atoms with Gasteiger partial charge < -0.3 is 5.11 Å². The van der Waals surface area contributed by atoms with Crippen LogP contribution in [0.1, 0.15) is 41.5 Å². The number of hydrogen-bond donors (Lipinski definition) is 1. The topological polar surface area (TPSA) is 44.0 Å². The highest BCUT2D eigenvalue weighted by Crippen LogP contribution is 2.18. The highest BCUT2D eigenvalue weighted by atomic mass is 16.3. The minimum Gasteiger partial charge on any atom is -0.508 e. The Balaban J connectivity index is 2.00. The maximum atomic E-state index is 9.32. The van der Waals surface area contributed by atoms with Gasteiger partial charge in [0.15, 0.2) is 0 Å². The second kappa shape index (κ2) is 8.05. The molecular weight excluding hydrogens is 270 g/mol. The fourth-order valence-electron chi connectivity index (χ4n) is 2.37. The molecule has 0 saturated carbocycles. The van der Waals surface area contributed by atoms with Crippen molar-refractivity contribution in [3.63, 3.8) is 0 Å². The Morgan fingerprint density at radius 3 is 2.59 bits per heavy atom. The molecule has 2 heteroatoms. The molecule has 112 valence electrons. The first-order valence-electron chi connectivity index (χ1n) is 7.60. The van der Waals surface area contributed by atoms with Gasteiger partial charge in [0.1, 0.15) is 5.75 Å². The minimum atomic E-state index is 0.303. The number of hydrogen-bond acceptors (Lipinski definition) is 2. The van der Waals surface area contributed by atoms with Gasteiger partial charge in [0, 0.05) is 6.42 Å². The van der Waals surface area contributed by atoms with Gasteiger partial charge in [0.2, 0.25) is 0 Å². The first kappa shape index (κ1) is 15.9. The molecule has 2 aromatic rings. The van der Waals surface area contributed by atoms with Crippen LogP contribution in [0.25, 0.3) is 6.08 Å². The van der Waals surface area contributed by atoms with Crippen molar-refractivity contribution < 1.29 is 5.11 Å². The number of nitrogens with zero attached hydrogens (tertiary/aromatic N) is 1.